The molecule has 0 spiro atoms. The minimum atomic E-state index is -0.515. The van der Waals surface area contributed by atoms with Gasteiger partial charge >= 0.3 is 5.97 Å². The zero-order valence-corrected chi connectivity index (χ0v) is 16.3. The van der Waals surface area contributed by atoms with Gasteiger partial charge in [-0.15, -0.1) is 0 Å². The summed E-state index contributed by atoms with van der Waals surface area (Å²) in [5.74, 6) is 0.119. The van der Waals surface area contributed by atoms with Crippen LogP contribution >= 0.6 is 46.4 Å². The molecule has 2 aromatic rings. The second-order valence-corrected chi connectivity index (χ2v) is 6.66. The third kappa shape index (κ3) is 5.58. The van der Waals surface area contributed by atoms with Gasteiger partial charge in [-0.2, -0.15) is 0 Å². The molecule has 0 aliphatic rings. The Morgan fingerprint density at radius 2 is 1.80 bits per heavy atom. The smallest absolute Gasteiger partial charge is 0.340 e. The number of benzene rings is 2. The summed E-state index contributed by atoms with van der Waals surface area (Å²) < 4.78 is 10.3. The number of hydrogen-bond acceptors (Lipinski definition) is 4. The number of rotatable bonds is 7. The maximum absolute atomic E-state index is 11.8. The molecule has 0 fully saturated rings. The monoisotopic (exact) mass is 421 g/mol. The van der Waals surface area contributed by atoms with Gasteiger partial charge in [0.1, 0.15) is 5.75 Å². The summed E-state index contributed by atoms with van der Waals surface area (Å²) in [6, 6.07) is 8.14. The fourth-order valence-corrected chi connectivity index (χ4v) is 2.91. The van der Waals surface area contributed by atoms with Gasteiger partial charge in [0.15, 0.2) is 0 Å². The minimum absolute atomic E-state index is 0.283. The number of methoxy groups -OCH3 is 1. The predicted octanol–water partition coefficient (Wildman–Crippen LogP) is 5.97. The third-order valence-electron chi connectivity index (χ3n) is 3.24. The Balaban J connectivity index is 1.91. The number of anilines is 1. The predicted molar refractivity (Wildman–Crippen MR) is 103 cm³/mol. The van der Waals surface area contributed by atoms with Crippen LogP contribution in [0.3, 0.4) is 0 Å². The van der Waals surface area contributed by atoms with E-state index in [9.17, 15) is 4.79 Å². The standard InChI is InChI=1S/C17H15Cl4NO3/c1-24-17(23)12-7-10(18)8-15(21)16(12)22-5-2-6-25-11-3-4-13(19)14(20)9-11/h3-4,7-9,22H,2,5-6H2,1H3. The molecule has 0 aliphatic heterocycles. The Morgan fingerprint density at radius 1 is 1.04 bits per heavy atom. The van der Waals surface area contributed by atoms with Crippen molar-refractivity contribution in [3.8, 4) is 5.75 Å². The molecule has 0 saturated carbocycles. The van der Waals surface area contributed by atoms with Crippen LogP contribution in [-0.4, -0.2) is 26.2 Å². The van der Waals surface area contributed by atoms with Crippen molar-refractivity contribution in [2.24, 2.45) is 0 Å². The summed E-state index contributed by atoms with van der Waals surface area (Å²) in [5.41, 5.74) is 0.762. The number of carbonyl (C=O) groups is 1. The average Bonchev–Trinajstić information content (AvgIpc) is 2.58. The molecule has 0 aliphatic carbocycles. The van der Waals surface area contributed by atoms with Gasteiger partial charge in [-0.3, -0.25) is 0 Å². The van der Waals surface area contributed by atoms with Crippen LogP contribution in [0.4, 0.5) is 5.69 Å². The van der Waals surface area contributed by atoms with Crippen molar-refractivity contribution in [3.05, 3.63) is 56.0 Å². The highest BCUT2D eigenvalue weighted by Gasteiger charge is 2.16. The fraction of sp³-hybridized carbons (Fsp3) is 0.235. The first-order valence-corrected chi connectivity index (χ1v) is 8.82. The van der Waals surface area contributed by atoms with E-state index >= 15 is 0 Å². The summed E-state index contributed by atoms with van der Waals surface area (Å²) in [7, 11) is 1.30. The number of carbonyl (C=O) groups excluding carboxylic acids is 1. The van der Waals surface area contributed by atoms with Gasteiger partial charge in [-0.05, 0) is 30.7 Å². The largest absolute Gasteiger partial charge is 0.493 e. The third-order valence-corrected chi connectivity index (χ3v) is 4.50. The van der Waals surface area contributed by atoms with Crippen molar-refractivity contribution in [1.82, 2.24) is 0 Å². The molecular formula is C17H15Cl4NO3. The molecule has 2 aromatic carbocycles. The van der Waals surface area contributed by atoms with E-state index in [4.69, 9.17) is 55.9 Å². The van der Waals surface area contributed by atoms with Gasteiger partial charge in [-0.1, -0.05) is 46.4 Å². The van der Waals surface area contributed by atoms with Gasteiger partial charge in [0, 0.05) is 17.6 Å². The van der Waals surface area contributed by atoms with E-state index in [0.717, 1.165) is 0 Å². The van der Waals surface area contributed by atoms with Crippen LogP contribution in [0.5, 0.6) is 5.75 Å². The lowest BCUT2D eigenvalue weighted by molar-refractivity contribution is 0.0602. The van der Waals surface area contributed by atoms with Gasteiger partial charge in [0.25, 0.3) is 0 Å². The van der Waals surface area contributed by atoms with Crippen LogP contribution in [0, 0.1) is 0 Å². The van der Waals surface area contributed by atoms with Crippen molar-refractivity contribution in [2.45, 2.75) is 6.42 Å². The van der Waals surface area contributed by atoms with Crippen LogP contribution < -0.4 is 10.1 Å². The van der Waals surface area contributed by atoms with Gasteiger partial charge < -0.3 is 14.8 Å². The molecule has 4 nitrogen and oxygen atoms in total. The molecule has 0 atom stereocenters. The fourth-order valence-electron chi connectivity index (χ4n) is 2.07. The lowest BCUT2D eigenvalue weighted by Crippen LogP contribution is -2.12. The lowest BCUT2D eigenvalue weighted by Gasteiger charge is -2.13. The summed E-state index contributed by atoms with van der Waals surface area (Å²) in [6.07, 6.45) is 0.666. The Labute approximate surface area is 165 Å². The van der Waals surface area contributed by atoms with E-state index in [-0.39, 0.29) is 5.56 Å². The molecule has 0 saturated heterocycles. The highest BCUT2D eigenvalue weighted by Crippen LogP contribution is 2.31. The number of nitrogens with one attached hydrogen (secondary N) is 1. The molecule has 0 heterocycles. The summed E-state index contributed by atoms with van der Waals surface area (Å²) in [4.78, 5) is 11.8. The van der Waals surface area contributed by atoms with Crippen molar-refractivity contribution < 1.29 is 14.3 Å². The zero-order chi connectivity index (χ0) is 18.4. The second kappa shape index (κ2) is 9.39. The number of esters is 1. The van der Waals surface area contributed by atoms with E-state index in [1.807, 2.05) is 0 Å². The Hall–Kier alpha value is -1.33. The van der Waals surface area contributed by atoms with Crippen molar-refractivity contribution in [1.29, 1.82) is 0 Å². The normalized spacial score (nSPS) is 10.4. The second-order valence-electron chi connectivity index (χ2n) is 5.01. The molecule has 0 amide bonds. The Bertz CT molecular complexity index is 768. The topological polar surface area (TPSA) is 47.6 Å². The van der Waals surface area contributed by atoms with Gasteiger partial charge in [-0.25, -0.2) is 4.79 Å². The summed E-state index contributed by atoms with van der Waals surface area (Å²) >= 11 is 23.9. The van der Waals surface area contributed by atoms with E-state index in [1.165, 1.54) is 13.2 Å². The van der Waals surface area contributed by atoms with Crippen LogP contribution in [-0.2, 0) is 4.74 Å². The molecule has 2 rings (SSSR count). The first-order valence-electron chi connectivity index (χ1n) is 7.31. The number of ether oxygens (including phenoxy) is 2. The summed E-state index contributed by atoms with van der Waals surface area (Å²) in [6.45, 7) is 0.983. The summed E-state index contributed by atoms with van der Waals surface area (Å²) in [5, 5.41) is 4.73. The first-order chi connectivity index (χ1) is 11.9. The van der Waals surface area contributed by atoms with E-state index < -0.39 is 5.97 Å². The Morgan fingerprint density at radius 3 is 2.48 bits per heavy atom. The SMILES string of the molecule is COC(=O)c1cc(Cl)cc(Cl)c1NCCCOc1ccc(Cl)c(Cl)c1. The van der Waals surface area contributed by atoms with Crippen molar-refractivity contribution in [2.75, 3.05) is 25.6 Å². The zero-order valence-electron chi connectivity index (χ0n) is 13.2. The van der Waals surface area contributed by atoms with Crippen LogP contribution in [0.25, 0.3) is 0 Å². The number of halogens is 4. The van der Waals surface area contributed by atoms with Gasteiger partial charge in [0.2, 0.25) is 0 Å². The van der Waals surface area contributed by atoms with Crippen LogP contribution in [0.15, 0.2) is 30.3 Å². The lowest BCUT2D eigenvalue weighted by atomic mass is 10.1. The van der Waals surface area contributed by atoms with Crippen molar-refractivity contribution in [3.63, 3.8) is 0 Å². The van der Waals surface area contributed by atoms with E-state index in [2.05, 4.69) is 5.32 Å². The minimum Gasteiger partial charge on any atom is -0.493 e. The molecule has 134 valence electrons. The van der Waals surface area contributed by atoms with E-state index in [0.29, 0.717) is 51.1 Å². The van der Waals surface area contributed by atoms with Crippen molar-refractivity contribution >= 4 is 58.1 Å². The van der Waals surface area contributed by atoms with Crippen LogP contribution in [0.1, 0.15) is 16.8 Å². The molecular weight excluding hydrogens is 408 g/mol. The molecule has 25 heavy (non-hydrogen) atoms. The molecule has 0 radical (unpaired) electrons. The maximum Gasteiger partial charge on any atom is 0.340 e. The molecule has 1 N–H and O–H groups in total. The molecule has 0 aromatic heterocycles. The Kier molecular flexibility index (Phi) is 7.51. The first kappa shape index (κ1) is 20.0. The highest BCUT2D eigenvalue weighted by molar-refractivity contribution is 6.42. The quantitative estimate of drug-likeness (QED) is 0.441. The van der Waals surface area contributed by atoms with E-state index in [1.54, 1.807) is 24.3 Å². The maximum atomic E-state index is 11.8. The molecule has 0 unspecified atom stereocenters. The van der Waals surface area contributed by atoms with Gasteiger partial charge in [0.05, 0.1) is 40.0 Å². The molecule has 0 bridgehead atoms. The average molecular weight is 423 g/mol. The number of hydrogen-bond donors (Lipinski definition) is 1. The molecule has 8 heteroatoms. The highest BCUT2D eigenvalue weighted by atomic mass is 35.5. The van der Waals surface area contributed by atoms with Crippen LogP contribution in [0.2, 0.25) is 20.1 Å².